The van der Waals surface area contributed by atoms with Gasteiger partial charge in [-0.3, -0.25) is 9.59 Å². The van der Waals surface area contributed by atoms with E-state index in [1.807, 2.05) is 44.2 Å². The minimum Gasteiger partial charge on any atom is -0.404 e. The van der Waals surface area contributed by atoms with E-state index < -0.39 is 0 Å². The van der Waals surface area contributed by atoms with Crippen molar-refractivity contribution in [1.29, 1.82) is 0 Å². The fourth-order valence-corrected chi connectivity index (χ4v) is 6.95. The average molecular weight is 617 g/mol. The van der Waals surface area contributed by atoms with E-state index in [0.29, 0.717) is 24.6 Å². The minimum atomic E-state index is -0.0124. The van der Waals surface area contributed by atoms with Crippen molar-refractivity contribution in [1.82, 2.24) is 15.7 Å². The van der Waals surface area contributed by atoms with Gasteiger partial charge in [0.1, 0.15) is 5.71 Å². The van der Waals surface area contributed by atoms with E-state index in [0.717, 1.165) is 68.6 Å². The highest BCUT2D eigenvalue weighted by Gasteiger charge is 2.43. The molecule has 4 aliphatic rings. The van der Waals surface area contributed by atoms with Crippen LogP contribution in [-0.4, -0.2) is 22.4 Å². The molecule has 0 bridgehead atoms. The van der Waals surface area contributed by atoms with Crippen molar-refractivity contribution in [3.8, 4) is 10.4 Å². The standard InChI is InChI=1S/C36H36N6O2S/c1-19(2)13-32(44)39-24(14-21-7-8-21)15-23(17-37)28-10-9-22-18-38-42-36(34(22)40-28)35-27-16-26(27)33-25(5-4-6-29(33)41-35)31-12-11-30(45-31)20(3)43/h4-6,9-12,14-15,17,19,26,38,41H,7-8,13,16,18,37H2,1-3H3,(H,39,44)/b23-17+,24-15+. The maximum absolute atomic E-state index is 12.6. The van der Waals surface area contributed by atoms with Crippen molar-refractivity contribution in [3.63, 3.8) is 0 Å². The van der Waals surface area contributed by atoms with Gasteiger partial charge in [0.25, 0.3) is 0 Å². The number of nitrogens with zero attached hydrogens (tertiary/aromatic N) is 2. The molecule has 8 nitrogen and oxygen atoms in total. The number of allylic oxidation sites excluding steroid dienone is 6. The smallest absolute Gasteiger partial charge is 0.224 e. The Morgan fingerprint density at radius 3 is 2.73 bits per heavy atom. The van der Waals surface area contributed by atoms with Crippen molar-refractivity contribution in [2.45, 2.75) is 58.9 Å². The number of carbonyl (C=O) groups is 2. The van der Waals surface area contributed by atoms with Gasteiger partial charge >= 0.3 is 0 Å². The van der Waals surface area contributed by atoms with Crippen LogP contribution < -0.4 is 21.8 Å². The molecule has 5 N–H and O–H groups in total. The molecular weight excluding hydrogens is 581 g/mol. The van der Waals surface area contributed by atoms with Crippen molar-refractivity contribution in [3.05, 3.63) is 111 Å². The summed E-state index contributed by atoms with van der Waals surface area (Å²) in [6.45, 7) is 6.26. The molecule has 2 aromatic heterocycles. The van der Waals surface area contributed by atoms with Crippen LogP contribution in [0.2, 0.25) is 0 Å². The number of benzene rings is 1. The van der Waals surface area contributed by atoms with Gasteiger partial charge in [-0.25, -0.2) is 4.98 Å². The lowest BCUT2D eigenvalue weighted by atomic mass is 9.94. The molecule has 228 valence electrons. The lowest BCUT2D eigenvalue weighted by molar-refractivity contribution is -0.121. The number of carbonyl (C=O) groups excluding carboxylic acids is 2. The zero-order valence-electron chi connectivity index (χ0n) is 25.7. The quantitative estimate of drug-likeness (QED) is 0.156. The molecule has 0 saturated heterocycles. The van der Waals surface area contributed by atoms with Gasteiger partial charge in [0.2, 0.25) is 5.91 Å². The van der Waals surface area contributed by atoms with Gasteiger partial charge in [-0.05, 0) is 85.2 Å². The maximum atomic E-state index is 12.6. The first kappa shape index (κ1) is 29.0. The summed E-state index contributed by atoms with van der Waals surface area (Å²) >= 11 is 1.55. The summed E-state index contributed by atoms with van der Waals surface area (Å²) in [7, 11) is 0. The number of pyridine rings is 1. The number of amides is 1. The maximum Gasteiger partial charge on any atom is 0.224 e. The second-order valence-electron chi connectivity index (χ2n) is 12.4. The van der Waals surface area contributed by atoms with Crippen LogP contribution in [0.5, 0.6) is 0 Å². The number of fused-ring (bicyclic) bond motifs is 4. The second-order valence-corrected chi connectivity index (χ2v) is 13.5. The highest BCUT2D eigenvalue weighted by Crippen LogP contribution is 2.57. The van der Waals surface area contributed by atoms with Crippen LogP contribution in [0.1, 0.15) is 84.6 Å². The fraction of sp³-hybridized carbons (Fsp3) is 0.278. The predicted molar refractivity (Wildman–Crippen MR) is 181 cm³/mol. The van der Waals surface area contributed by atoms with Crippen LogP contribution >= 0.6 is 11.3 Å². The van der Waals surface area contributed by atoms with Gasteiger partial charge in [0, 0.05) is 45.9 Å². The molecular formula is C36H36N6O2S. The van der Waals surface area contributed by atoms with Crippen molar-refractivity contribution in [2.24, 2.45) is 16.8 Å². The third kappa shape index (κ3) is 5.88. The summed E-state index contributed by atoms with van der Waals surface area (Å²) < 4.78 is 0. The highest BCUT2D eigenvalue weighted by atomic mass is 32.1. The summed E-state index contributed by atoms with van der Waals surface area (Å²) in [5, 5.41) is 11.5. The van der Waals surface area contributed by atoms with E-state index in [1.54, 1.807) is 24.5 Å². The molecule has 3 aromatic rings. The summed E-state index contributed by atoms with van der Waals surface area (Å²) in [5.41, 5.74) is 21.3. The third-order valence-electron chi connectivity index (χ3n) is 8.40. The van der Waals surface area contributed by atoms with Crippen LogP contribution in [0.15, 0.2) is 88.5 Å². The number of hydrazone groups is 1. The normalized spacial score (nSPS) is 18.3. The first-order valence-electron chi connectivity index (χ1n) is 15.5. The number of Topliss-reactive ketones (excluding diaryl/α,β-unsaturated/α-hetero) is 1. The molecule has 0 radical (unpaired) electrons. The molecule has 4 heterocycles. The Kier molecular flexibility index (Phi) is 7.49. The summed E-state index contributed by atoms with van der Waals surface area (Å²) in [5.74, 6) is 0.636. The Bertz CT molecular complexity index is 1900. The first-order valence-corrected chi connectivity index (χ1v) is 16.3. The van der Waals surface area contributed by atoms with Gasteiger partial charge in [0.05, 0.1) is 28.5 Å². The Morgan fingerprint density at radius 2 is 2.00 bits per heavy atom. The van der Waals surface area contributed by atoms with Gasteiger partial charge in [-0.1, -0.05) is 37.6 Å². The van der Waals surface area contributed by atoms with E-state index in [9.17, 15) is 9.59 Å². The molecule has 2 saturated carbocycles. The molecule has 1 aromatic carbocycles. The largest absolute Gasteiger partial charge is 0.404 e. The van der Waals surface area contributed by atoms with E-state index in [1.165, 1.54) is 22.3 Å². The van der Waals surface area contributed by atoms with E-state index in [2.05, 4.69) is 40.3 Å². The number of thiophene rings is 1. The van der Waals surface area contributed by atoms with Crippen LogP contribution in [0, 0.1) is 5.92 Å². The highest BCUT2D eigenvalue weighted by molar-refractivity contribution is 7.17. The van der Waals surface area contributed by atoms with Gasteiger partial charge in [0.15, 0.2) is 5.78 Å². The molecule has 1 atom stereocenters. The van der Waals surface area contributed by atoms with E-state index in [-0.39, 0.29) is 17.6 Å². The fourth-order valence-electron chi connectivity index (χ4n) is 6.01. The third-order valence-corrected chi connectivity index (χ3v) is 9.62. The van der Waals surface area contributed by atoms with Crippen molar-refractivity contribution in [2.75, 3.05) is 5.32 Å². The summed E-state index contributed by atoms with van der Waals surface area (Å²) in [6.07, 6.45) is 8.99. The summed E-state index contributed by atoms with van der Waals surface area (Å²) in [4.78, 5) is 31.6. The molecule has 2 aliphatic heterocycles. The van der Waals surface area contributed by atoms with Crippen LogP contribution in [0.25, 0.3) is 16.0 Å². The van der Waals surface area contributed by atoms with Gasteiger partial charge < -0.3 is 21.8 Å². The Labute approximate surface area is 266 Å². The Hall–Kier alpha value is -4.76. The number of aromatic nitrogens is 1. The van der Waals surface area contributed by atoms with E-state index >= 15 is 0 Å². The molecule has 45 heavy (non-hydrogen) atoms. The van der Waals surface area contributed by atoms with E-state index in [4.69, 9.17) is 15.8 Å². The molecule has 9 heteroatoms. The molecule has 2 fully saturated rings. The lowest BCUT2D eigenvalue weighted by Gasteiger charge is -2.25. The number of ketones is 1. The predicted octanol–water partition coefficient (Wildman–Crippen LogP) is 6.75. The lowest BCUT2D eigenvalue weighted by Crippen LogP contribution is -2.27. The van der Waals surface area contributed by atoms with Gasteiger partial charge in [-0.2, -0.15) is 5.10 Å². The number of anilines is 1. The number of hydrogen-bond donors (Lipinski definition) is 4. The molecule has 7 rings (SSSR count). The molecule has 1 unspecified atom stereocenters. The van der Waals surface area contributed by atoms with Crippen molar-refractivity contribution >= 4 is 40.0 Å². The second kappa shape index (κ2) is 11.6. The molecule has 1 amide bonds. The van der Waals surface area contributed by atoms with Crippen LogP contribution in [0.4, 0.5) is 5.69 Å². The Morgan fingerprint density at radius 1 is 1.16 bits per heavy atom. The minimum absolute atomic E-state index is 0.0124. The number of nitrogens with two attached hydrogens (primary N) is 1. The zero-order chi connectivity index (χ0) is 31.2. The van der Waals surface area contributed by atoms with Crippen LogP contribution in [-0.2, 0) is 11.3 Å². The topological polar surface area (TPSA) is 122 Å². The van der Waals surface area contributed by atoms with Gasteiger partial charge in [-0.15, -0.1) is 11.3 Å². The first-order chi connectivity index (χ1) is 21.8. The zero-order valence-corrected chi connectivity index (χ0v) is 26.5. The number of rotatable bonds is 9. The molecule has 0 spiro atoms. The molecule has 2 aliphatic carbocycles. The monoisotopic (exact) mass is 616 g/mol. The summed E-state index contributed by atoms with van der Waals surface area (Å²) in [6, 6.07) is 14.3. The SMILES string of the molecule is CC(=O)c1ccc(-c2cccc3c2C2CC2=C(C2=NNCc4ccc(C(/C=C(\C=C5CC5)NC(=O)CC(C)C)=C/N)nc42)N3)s1. The Balaban J connectivity index is 1.20. The van der Waals surface area contributed by atoms with Crippen LogP contribution in [0.3, 0.4) is 0 Å². The number of hydrogen-bond acceptors (Lipinski definition) is 8. The average Bonchev–Trinajstić information content (AvgIpc) is 3.95. The number of nitrogens with one attached hydrogen (secondary N) is 3. The van der Waals surface area contributed by atoms with Crippen molar-refractivity contribution < 1.29 is 9.59 Å².